The Morgan fingerprint density at radius 3 is 2.38 bits per heavy atom. The maximum absolute atomic E-state index is 12.3. The summed E-state index contributed by atoms with van der Waals surface area (Å²) in [6, 6.07) is 4.06. The first kappa shape index (κ1) is 20.7. The number of nitro groups is 1. The molecule has 0 aliphatic heterocycles. The maximum Gasteiger partial charge on any atom is 0.346 e. The van der Waals surface area contributed by atoms with E-state index in [1.165, 1.54) is 33.1 Å². The molecule has 0 saturated heterocycles. The summed E-state index contributed by atoms with van der Waals surface area (Å²) >= 11 is 0. The average Bonchev–Trinajstić information content (AvgIpc) is 2.63. The molecule has 0 unspecified atom stereocenters. The van der Waals surface area contributed by atoms with Crippen LogP contribution in [0.4, 0.5) is 5.69 Å². The summed E-state index contributed by atoms with van der Waals surface area (Å²) in [6.07, 6.45) is -1.05. The molecule has 0 N–H and O–H groups in total. The van der Waals surface area contributed by atoms with Gasteiger partial charge in [0, 0.05) is 19.7 Å². The molecule has 10 nitrogen and oxygen atoms in total. The topological polar surface area (TPSA) is 132 Å². The predicted octanol–water partition coefficient (Wildman–Crippen LogP) is 1.53. The third-order valence-electron chi connectivity index (χ3n) is 3.49. The lowest BCUT2D eigenvalue weighted by molar-refractivity contribution is -0.385. The molecular formula is C16H19N3O7. The van der Waals surface area contributed by atoms with Crippen molar-refractivity contribution in [2.24, 2.45) is 0 Å². The monoisotopic (exact) mass is 365 g/mol. The van der Waals surface area contributed by atoms with E-state index >= 15 is 0 Å². The maximum atomic E-state index is 12.3. The summed E-state index contributed by atoms with van der Waals surface area (Å²) < 4.78 is 15.1. The number of esters is 1. The summed E-state index contributed by atoms with van der Waals surface area (Å²) in [4.78, 5) is 36.2. The largest absolute Gasteiger partial charge is 0.493 e. The number of nitro benzene ring substituents is 1. The lowest BCUT2D eigenvalue weighted by Crippen LogP contribution is -2.38. The Hall–Kier alpha value is -3.35. The summed E-state index contributed by atoms with van der Waals surface area (Å²) in [7, 11) is 4.08. The normalized spacial score (nSPS) is 11.0. The van der Waals surface area contributed by atoms with E-state index in [1.54, 1.807) is 0 Å². The molecule has 0 bridgehead atoms. The first-order valence-corrected chi connectivity index (χ1v) is 7.50. The van der Waals surface area contributed by atoms with Crippen molar-refractivity contribution in [3.8, 4) is 17.6 Å². The van der Waals surface area contributed by atoms with E-state index in [4.69, 9.17) is 19.5 Å². The molecule has 1 aromatic rings. The minimum Gasteiger partial charge on any atom is -0.493 e. The summed E-state index contributed by atoms with van der Waals surface area (Å²) in [6.45, 7) is 1.52. The van der Waals surface area contributed by atoms with Crippen LogP contribution < -0.4 is 9.47 Å². The Bertz CT molecular complexity index is 742. The predicted molar refractivity (Wildman–Crippen MR) is 88.9 cm³/mol. The molecule has 1 atom stereocenters. The number of methoxy groups -OCH3 is 2. The van der Waals surface area contributed by atoms with Gasteiger partial charge in [0.05, 0.1) is 37.7 Å². The van der Waals surface area contributed by atoms with E-state index in [2.05, 4.69) is 0 Å². The second-order valence-electron chi connectivity index (χ2n) is 5.20. The molecule has 1 amide bonds. The number of nitrogens with zero attached hydrogens (tertiary/aromatic N) is 3. The van der Waals surface area contributed by atoms with Crippen LogP contribution in [0.1, 0.15) is 23.7 Å². The quantitative estimate of drug-likeness (QED) is 0.385. The van der Waals surface area contributed by atoms with Gasteiger partial charge in [-0.2, -0.15) is 5.26 Å². The van der Waals surface area contributed by atoms with Crippen LogP contribution in [0.15, 0.2) is 12.1 Å². The average molecular weight is 365 g/mol. The van der Waals surface area contributed by atoms with Crippen molar-refractivity contribution in [1.29, 1.82) is 5.26 Å². The molecule has 0 spiro atoms. The summed E-state index contributed by atoms with van der Waals surface area (Å²) in [5.41, 5.74) is -0.905. The molecule has 0 heterocycles. The fourth-order valence-electron chi connectivity index (χ4n) is 2.10. The SMILES string of the molecule is COc1cc(C(=O)O[C@@H](C)C(=O)N(C)CCC#N)c([N+](=O)[O-])cc1OC. The Morgan fingerprint density at radius 1 is 1.31 bits per heavy atom. The standard InChI is InChI=1S/C16H19N3O7/c1-10(15(20)18(2)7-5-6-17)26-16(21)11-8-13(24-3)14(25-4)9-12(11)19(22)23/h8-10H,5,7H2,1-4H3/t10-/m0/s1. The van der Waals surface area contributed by atoms with Crippen molar-refractivity contribution in [2.75, 3.05) is 27.8 Å². The smallest absolute Gasteiger partial charge is 0.346 e. The van der Waals surface area contributed by atoms with Gasteiger partial charge in [-0.05, 0) is 6.92 Å². The van der Waals surface area contributed by atoms with E-state index in [0.717, 1.165) is 12.1 Å². The molecule has 10 heteroatoms. The Morgan fingerprint density at radius 2 is 1.88 bits per heavy atom. The third kappa shape index (κ3) is 4.83. The lowest BCUT2D eigenvalue weighted by atomic mass is 10.1. The van der Waals surface area contributed by atoms with Crippen molar-refractivity contribution in [2.45, 2.75) is 19.4 Å². The molecule has 1 aromatic carbocycles. The van der Waals surface area contributed by atoms with Crippen molar-refractivity contribution in [3.05, 3.63) is 27.8 Å². The van der Waals surface area contributed by atoms with E-state index in [9.17, 15) is 19.7 Å². The van der Waals surface area contributed by atoms with Crippen LogP contribution >= 0.6 is 0 Å². The molecule has 140 valence electrons. The molecule has 26 heavy (non-hydrogen) atoms. The second kappa shape index (κ2) is 9.22. The molecule has 0 aromatic heterocycles. The second-order valence-corrected chi connectivity index (χ2v) is 5.20. The molecule has 0 aliphatic rings. The van der Waals surface area contributed by atoms with Gasteiger partial charge in [0.25, 0.3) is 11.6 Å². The van der Waals surface area contributed by atoms with Gasteiger partial charge >= 0.3 is 5.97 Å². The van der Waals surface area contributed by atoms with Crippen molar-refractivity contribution < 1.29 is 28.7 Å². The van der Waals surface area contributed by atoms with Crippen LogP contribution in [0.5, 0.6) is 11.5 Å². The number of benzene rings is 1. The fourth-order valence-corrected chi connectivity index (χ4v) is 2.10. The molecule has 0 fully saturated rings. The zero-order valence-electron chi connectivity index (χ0n) is 14.8. The van der Waals surface area contributed by atoms with E-state index < -0.39 is 28.6 Å². The number of ether oxygens (including phenoxy) is 3. The molecule has 0 saturated carbocycles. The van der Waals surface area contributed by atoms with Crippen LogP contribution in [0.3, 0.4) is 0 Å². The van der Waals surface area contributed by atoms with Gasteiger partial charge in [-0.25, -0.2) is 4.79 Å². The Kier molecular flexibility index (Phi) is 7.34. The minimum absolute atomic E-state index is 0.0797. The molecule has 1 rings (SSSR count). The van der Waals surface area contributed by atoms with Crippen LogP contribution in [0.25, 0.3) is 0 Å². The van der Waals surface area contributed by atoms with Crippen LogP contribution in [-0.4, -0.2) is 55.6 Å². The van der Waals surface area contributed by atoms with Crippen molar-refractivity contribution >= 4 is 17.6 Å². The number of carbonyl (C=O) groups is 2. The van der Waals surface area contributed by atoms with Gasteiger partial charge in [-0.3, -0.25) is 14.9 Å². The van der Waals surface area contributed by atoms with Crippen LogP contribution in [0.2, 0.25) is 0 Å². The zero-order valence-corrected chi connectivity index (χ0v) is 14.8. The lowest BCUT2D eigenvalue weighted by Gasteiger charge is -2.20. The highest BCUT2D eigenvalue weighted by molar-refractivity contribution is 5.96. The third-order valence-corrected chi connectivity index (χ3v) is 3.49. The minimum atomic E-state index is -1.18. The van der Waals surface area contributed by atoms with Crippen LogP contribution in [-0.2, 0) is 9.53 Å². The van der Waals surface area contributed by atoms with Gasteiger partial charge in [-0.1, -0.05) is 0 Å². The Labute approximate surface area is 150 Å². The van der Waals surface area contributed by atoms with Gasteiger partial charge in [0.1, 0.15) is 5.56 Å². The van der Waals surface area contributed by atoms with Crippen molar-refractivity contribution in [1.82, 2.24) is 4.90 Å². The van der Waals surface area contributed by atoms with Crippen molar-refractivity contribution in [3.63, 3.8) is 0 Å². The summed E-state index contributed by atoms with van der Waals surface area (Å²) in [5.74, 6) is -1.39. The van der Waals surface area contributed by atoms with Gasteiger partial charge < -0.3 is 19.1 Å². The highest BCUT2D eigenvalue weighted by Crippen LogP contribution is 2.34. The number of rotatable bonds is 8. The van der Waals surface area contributed by atoms with Crippen LogP contribution in [0, 0.1) is 21.4 Å². The molecule has 0 radical (unpaired) electrons. The first-order chi connectivity index (χ1) is 12.3. The van der Waals surface area contributed by atoms with E-state index in [0.29, 0.717) is 0 Å². The number of hydrogen-bond acceptors (Lipinski definition) is 8. The van der Waals surface area contributed by atoms with Gasteiger partial charge in [0.15, 0.2) is 17.6 Å². The number of nitriles is 1. The first-order valence-electron chi connectivity index (χ1n) is 7.50. The highest BCUT2D eigenvalue weighted by atomic mass is 16.6. The highest BCUT2D eigenvalue weighted by Gasteiger charge is 2.29. The molecular weight excluding hydrogens is 346 g/mol. The number of amides is 1. The number of likely N-dealkylation sites (N-methyl/N-ethyl adjacent to an activating group) is 1. The van der Waals surface area contributed by atoms with Gasteiger partial charge in [-0.15, -0.1) is 0 Å². The number of carbonyl (C=O) groups excluding carboxylic acids is 2. The zero-order chi connectivity index (χ0) is 19.9. The van der Waals surface area contributed by atoms with E-state index in [-0.39, 0.29) is 30.0 Å². The van der Waals surface area contributed by atoms with E-state index in [1.807, 2.05) is 6.07 Å². The summed E-state index contributed by atoms with van der Waals surface area (Å²) in [5, 5.41) is 19.8. The number of hydrogen-bond donors (Lipinski definition) is 0. The Balaban J connectivity index is 3.07. The fraction of sp³-hybridized carbons (Fsp3) is 0.438. The molecule has 0 aliphatic carbocycles. The van der Waals surface area contributed by atoms with Gasteiger partial charge in [0.2, 0.25) is 0 Å².